The molecule has 1 unspecified atom stereocenters. The number of carboxylic acids is 1. The number of thiophene rings is 1. The van der Waals surface area contributed by atoms with Crippen LogP contribution in [0.3, 0.4) is 0 Å². The number of hydrogen-bond donors (Lipinski definition) is 3. The van der Waals surface area contributed by atoms with Crippen molar-refractivity contribution < 1.29 is 23.4 Å². The summed E-state index contributed by atoms with van der Waals surface area (Å²) in [4.78, 5) is 10.6. The van der Waals surface area contributed by atoms with Gasteiger partial charge in [0.15, 0.2) is 0 Å². The minimum Gasteiger partial charge on any atom is -0.477 e. The molecule has 9 heteroatoms. The van der Waals surface area contributed by atoms with E-state index in [0.717, 1.165) is 17.4 Å². The highest BCUT2D eigenvalue weighted by Gasteiger charge is 2.26. The summed E-state index contributed by atoms with van der Waals surface area (Å²) >= 11 is 3.86. The molecule has 108 valence electrons. The summed E-state index contributed by atoms with van der Waals surface area (Å²) in [5.41, 5.74) is -1.15. The van der Waals surface area contributed by atoms with Gasteiger partial charge in [0.05, 0.1) is 9.39 Å². The molecule has 0 fully saturated rings. The van der Waals surface area contributed by atoms with Crippen molar-refractivity contribution in [2.45, 2.75) is 30.8 Å². The molecule has 0 aromatic carbocycles. The van der Waals surface area contributed by atoms with E-state index >= 15 is 0 Å². The summed E-state index contributed by atoms with van der Waals surface area (Å²) in [6, 6.07) is 1.08. The van der Waals surface area contributed by atoms with Gasteiger partial charge in [-0.05, 0) is 35.3 Å². The molecule has 0 aliphatic rings. The van der Waals surface area contributed by atoms with Crippen LogP contribution in [-0.4, -0.2) is 36.7 Å². The number of hydrogen-bond acceptors (Lipinski definition) is 5. The Labute approximate surface area is 123 Å². The lowest BCUT2D eigenvalue weighted by Gasteiger charge is -2.21. The van der Waals surface area contributed by atoms with Crippen LogP contribution in [0.4, 0.5) is 0 Å². The van der Waals surface area contributed by atoms with Crippen LogP contribution in [0.25, 0.3) is 0 Å². The van der Waals surface area contributed by atoms with E-state index in [9.17, 15) is 18.3 Å². The highest BCUT2D eigenvalue weighted by molar-refractivity contribution is 9.11. The van der Waals surface area contributed by atoms with E-state index in [0.29, 0.717) is 6.42 Å². The Morgan fingerprint density at radius 2 is 2.16 bits per heavy atom. The van der Waals surface area contributed by atoms with E-state index < -0.39 is 21.6 Å². The molecule has 0 aliphatic heterocycles. The van der Waals surface area contributed by atoms with Gasteiger partial charge in [-0.3, -0.25) is 0 Å². The van der Waals surface area contributed by atoms with E-state index in [4.69, 9.17) is 5.11 Å². The quantitative estimate of drug-likeness (QED) is 0.705. The molecule has 1 heterocycles. The van der Waals surface area contributed by atoms with E-state index in [1.54, 1.807) is 6.92 Å². The summed E-state index contributed by atoms with van der Waals surface area (Å²) in [6.45, 7) is 3.11. The van der Waals surface area contributed by atoms with Gasteiger partial charge in [0.2, 0.25) is 10.0 Å². The minimum atomic E-state index is -3.86. The predicted octanol–water partition coefficient (Wildman–Crippen LogP) is 1.65. The summed E-state index contributed by atoms with van der Waals surface area (Å²) in [7, 11) is -3.86. The maximum atomic E-state index is 12.0. The lowest BCUT2D eigenvalue weighted by atomic mass is 10.1. The van der Waals surface area contributed by atoms with Crippen molar-refractivity contribution in [1.82, 2.24) is 4.72 Å². The summed E-state index contributed by atoms with van der Waals surface area (Å²) in [5, 5.41) is 18.6. The number of carbonyl (C=O) groups is 1. The maximum absolute atomic E-state index is 12.0. The maximum Gasteiger partial charge on any atom is 0.345 e. The zero-order valence-electron chi connectivity index (χ0n) is 10.3. The highest BCUT2D eigenvalue weighted by Crippen LogP contribution is 2.31. The molecule has 0 saturated carbocycles. The van der Waals surface area contributed by atoms with Crippen molar-refractivity contribution in [3.05, 3.63) is 14.7 Å². The number of sulfonamides is 1. The van der Waals surface area contributed by atoms with E-state index in [1.165, 1.54) is 6.92 Å². The van der Waals surface area contributed by atoms with Crippen LogP contribution in [0.5, 0.6) is 0 Å². The molecule has 3 N–H and O–H groups in total. The van der Waals surface area contributed by atoms with E-state index in [-0.39, 0.29) is 20.1 Å². The number of halogens is 1. The first-order valence-electron chi connectivity index (χ1n) is 5.34. The van der Waals surface area contributed by atoms with Gasteiger partial charge in [-0.2, -0.15) is 0 Å². The molecule has 6 nitrogen and oxygen atoms in total. The number of aromatic carboxylic acids is 1. The first-order valence-corrected chi connectivity index (χ1v) is 8.43. The van der Waals surface area contributed by atoms with Gasteiger partial charge >= 0.3 is 5.97 Å². The van der Waals surface area contributed by atoms with E-state index in [1.807, 2.05) is 0 Å². The Bertz CT molecular complexity index is 579. The number of nitrogens with one attached hydrogen (secondary N) is 1. The smallest absolute Gasteiger partial charge is 0.345 e. The summed E-state index contributed by atoms with van der Waals surface area (Å²) in [6.07, 6.45) is 0.390. The molecule has 1 atom stereocenters. The lowest BCUT2D eigenvalue weighted by Crippen LogP contribution is -2.40. The van der Waals surface area contributed by atoms with Crippen molar-refractivity contribution in [3.63, 3.8) is 0 Å². The van der Waals surface area contributed by atoms with Gasteiger partial charge < -0.3 is 10.2 Å². The van der Waals surface area contributed by atoms with Crippen molar-refractivity contribution in [1.29, 1.82) is 0 Å². The predicted molar refractivity (Wildman–Crippen MR) is 75.1 cm³/mol. The first kappa shape index (κ1) is 16.6. The van der Waals surface area contributed by atoms with Crippen LogP contribution in [-0.2, 0) is 10.0 Å². The fourth-order valence-corrected chi connectivity index (χ4v) is 4.66. The largest absolute Gasteiger partial charge is 0.477 e. The fraction of sp³-hybridized carbons (Fsp3) is 0.500. The Hall–Kier alpha value is -0.480. The van der Waals surface area contributed by atoms with Crippen LogP contribution in [0.2, 0.25) is 0 Å². The third kappa shape index (κ3) is 4.25. The van der Waals surface area contributed by atoms with Crippen LogP contribution in [0.1, 0.15) is 29.9 Å². The molecular weight excluding hydrogens is 358 g/mol. The second kappa shape index (κ2) is 5.88. The molecule has 0 amide bonds. The molecule has 0 saturated heterocycles. The van der Waals surface area contributed by atoms with Crippen LogP contribution in [0.15, 0.2) is 14.7 Å². The zero-order chi connectivity index (χ0) is 14.8. The molecule has 0 bridgehead atoms. The van der Waals surface area contributed by atoms with Gasteiger partial charge in [0.1, 0.15) is 9.77 Å². The topological polar surface area (TPSA) is 104 Å². The fourth-order valence-electron chi connectivity index (χ4n) is 1.09. The highest BCUT2D eigenvalue weighted by atomic mass is 79.9. The molecule has 0 spiro atoms. The normalized spacial score (nSPS) is 15.2. The van der Waals surface area contributed by atoms with Gasteiger partial charge in [-0.15, -0.1) is 11.3 Å². The van der Waals surface area contributed by atoms with E-state index in [2.05, 4.69) is 20.7 Å². The number of carboxylic acid groups (broad SMARTS) is 1. The summed E-state index contributed by atoms with van der Waals surface area (Å²) in [5.74, 6) is -1.19. The second-order valence-corrected chi connectivity index (χ2v) is 8.33. The van der Waals surface area contributed by atoms with Gasteiger partial charge in [0.25, 0.3) is 0 Å². The molecule has 19 heavy (non-hydrogen) atoms. The lowest BCUT2D eigenvalue weighted by molar-refractivity contribution is 0.0613. The van der Waals surface area contributed by atoms with Gasteiger partial charge in [0, 0.05) is 6.54 Å². The van der Waals surface area contributed by atoms with Crippen molar-refractivity contribution in [2.75, 3.05) is 6.54 Å². The average molecular weight is 372 g/mol. The van der Waals surface area contributed by atoms with Gasteiger partial charge in [-0.1, -0.05) is 6.92 Å². The van der Waals surface area contributed by atoms with Crippen LogP contribution in [0, 0.1) is 0 Å². The van der Waals surface area contributed by atoms with Gasteiger partial charge in [-0.25, -0.2) is 17.9 Å². The van der Waals surface area contributed by atoms with Crippen molar-refractivity contribution in [3.8, 4) is 0 Å². The number of rotatable bonds is 6. The third-order valence-corrected chi connectivity index (χ3v) is 6.20. The monoisotopic (exact) mass is 371 g/mol. The van der Waals surface area contributed by atoms with Crippen molar-refractivity contribution in [2.24, 2.45) is 0 Å². The van der Waals surface area contributed by atoms with Crippen LogP contribution >= 0.6 is 27.3 Å². The Balaban J connectivity index is 2.98. The third-order valence-electron chi connectivity index (χ3n) is 2.56. The standard InChI is InChI=1S/C10H14BrNO5S2/c1-3-10(2,15)5-12-19(16,17)7-4-6(9(13)14)18-8(7)11/h4,12,15H,3,5H2,1-2H3,(H,13,14). The van der Waals surface area contributed by atoms with Crippen molar-refractivity contribution >= 4 is 43.3 Å². The molecule has 1 rings (SSSR count). The van der Waals surface area contributed by atoms with Crippen LogP contribution < -0.4 is 4.72 Å². The molecule has 0 radical (unpaired) electrons. The Morgan fingerprint density at radius 1 is 1.58 bits per heavy atom. The Kier molecular flexibility index (Phi) is 5.13. The first-order chi connectivity index (χ1) is 8.59. The zero-order valence-corrected chi connectivity index (χ0v) is 13.5. The minimum absolute atomic E-state index is 0.0745. The molecular formula is C10H14BrNO5S2. The SMILES string of the molecule is CCC(C)(O)CNS(=O)(=O)c1cc(C(=O)O)sc1Br. The average Bonchev–Trinajstić information content (AvgIpc) is 2.70. The Morgan fingerprint density at radius 3 is 2.58 bits per heavy atom. The summed E-state index contributed by atoms with van der Waals surface area (Å²) < 4.78 is 26.5. The molecule has 1 aromatic rings. The molecule has 0 aliphatic carbocycles. The second-order valence-electron chi connectivity index (χ2n) is 4.23. The number of aliphatic hydroxyl groups is 1. The molecule has 1 aromatic heterocycles.